The summed E-state index contributed by atoms with van der Waals surface area (Å²) in [6.07, 6.45) is 4.11. The van der Waals surface area contributed by atoms with Crippen LogP contribution in [-0.2, 0) is 17.8 Å². The van der Waals surface area contributed by atoms with E-state index in [1.54, 1.807) is 19.2 Å². The van der Waals surface area contributed by atoms with Crippen LogP contribution in [0.2, 0.25) is 0 Å². The van der Waals surface area contributed by atoms with Crippen molar-refractivity contribution < 1.29 is 23.8 Å². The maximum Gasteiger partial charge on any atom is 0.303 e. The maximum absolute atomic E-state index is 14.7. The molecular weight excluding hydrogens is 467 g/mol. The molecule has 1 fully saturated rings. The molecule has 0 aromatic heterocycles. The van der Waals surface area contributed by atoms with Gasteiger partial charge in [0.25, 0.3) is 0 Å². The Morgan fingerprint density at radius 3 is 2.54 bits per heavy atom. The first kappa shape index (κ1) is 26.7. The first-order valence-electron chi connectivity index (χ1n) is 13.0. The van der Waals surface area contributed by atoms with Gasteiger partial charge in [0.2, 0.25) is 0 Å². The van der Waals surface area contributed by atoms with E-state index in [2.05, 4.69) is 26.8 Å². The highest BCUT2D eigenvalue weighted by Gasteiger charge is 2.33. The number of carboxylic acids is 1. The van der Waals surface area contributed by atoms with Crippen molar-refractivity contribution in [1.29, 1.82) is 0 Å². The van der Waals surface area contributed by atoms with E-state index in [1.807, 2.05) is 36.4 Å². The van der Waals surface area contributed by atoms with Gasteiger partial charge in [-0.2, -0.15) is 0 Å². The van der Waals surface area contributed by atoms with Crippen molar-refractivity contribution in [2.24, 2.45) is 11.3 Å². The Bertz CT molecular complexity index is 1240. The van der Waals surface area contributed by atoms with Crippen LogP contribution in [0.15, 0.2) is 60.7 Å². The molecule has 3 aromatic carbocycles. The zero-order valence-electron chi connectivity index (χ0n) is 22.2. The summed E-state index contributed by atoms with van der Waals surface area (Å²) in [4.78, 5) is 11.4. The fourth-order valence-corrected chi connectivity index (χ4v) is 4.76. The highest BCUT2D eigenvalue weighted by molar-refractivity contribution is 5.69. The van der Waals surface area contributed by atoms with Gasteiger partial charge >= 0.3 is 5.97 Å². The number of ether oxygens (including phenoxy) is 2. The molecule has 1 N–H and O–H groups in total. The third kappa shape index (κ3) is 7.34. The average molecular weight is 505 g/mol. The van der Waals surface area contributed by atoms with Gasteiger partial charge in [0.15, 0.2) is 0 Å². The Hall–Kier alpha value is -3.34. The van der Waals surface area contributed by atoms with Gasteiger partial charge in [0.1, 0.15) is 23.9 Å². The number of benzene rings is 3. The number of hydrogen-bond acceptors (Lipinski definition) is 3. The fraction of sp³-hybridized carbons (Fsp3) is 0.406. The van der Waals surface area contributed by atoms with Gasteiger partial charge in [0.05, 0.1) is 13.5 Å². The highest BCUT2D eigenvalue weighted by Crippen LogP contribution is 2.44. The quantitative estimate of drug-likeness (QED) is 0.287. The molecule has 196 valence electrons. The first-order chi connectivity index (χ1) is 17.6. The van der Waals surface area contributed by atoms with Crippen molar-refractivity contribution in [1.82, 2.24) is 0 Å². The summed E-state index contributed by atoms with van der Waals surface area (Å²) in [5.74, 6) is 0.859. The van der Waals surface area contributed by atoms with Crippen LogP contribution < -0.4 is 9.47 Å². The molecule has 1 atom stereocenters. The molecule has 37 heavy (non-hydrogen) atoms. The molecule has 0 saturated heterocycles. The molecule has 1 aliphatic carbocycles. The maximum atomic E-state index is 14.7. The second kappa shape index (κ2) is 11.4. The molecule has 1 unspecified atom stereocenters. The molecule has 0 spiro atoms. The Morgan fingerprint density at radius 2 is 1.86 bits per heavy atom. The van der Waals surface area contributed by atoms with Gasteiger partial charge < -0.3 is 14.6 Å². The van der Waals surface area contributed by atoms with Crippen LogP contribution >= 0.6 is 0 Å². The van der Waals surface area contributed by atoms with Gasteiger partial charge in [-0.25, -0.2) is 4.39 Å². The third-order valence-corrected chi connectivity index (χ3v) is 7.05. The van der Waals surface area contributed by atoms with Crippen molar-refractivity contribution in [3.8, 4) is 22.6 Å². The SMILES string of the molecule is COc1ccc(F)c(-c2ccc(OCc3cccc(C(CC(=O)O)C4CC4)c3)c(CCC(C)(C)C)c2)c1. The van der Waals surface area contributed by atoms with Gasteiger partial charge in [-0.1, -0.05) is 51.1 Å². The molecule has 1 aliphatic rings. The smallest absolute Gasteiger partial charge is 0.303 e. The van der Waals surface area contributed by atoms with Crippen molar-refractivity contribution in [2.45, 2.75) is 65.4 Å². The molecule has 3 aromatic rings. The average Bonchev–Trinajstić information content (AvgIpc) is 3.70. The van der Waals surface area contributed by atoms with Crippen molar-refractivity contribution in [3.63, 3.8) is 0 Å². The van der Waals surface area contributed by atoms with Gasteiger partial charge in [-0.15, -0.1) is 0 Å². The van der Waals surface area contributed by atoms with Gasteiger partial charge in [-0.05, 0) is 95.5 Å². The largest absolute Gasteiger partial charge is 0.497 e. The minimum atomic E-state index is -0.755. The fourth-order valence-electron chi connectivity index (χ4n) is 4.76. The predicted octanol–water partition coefficient (Wildman–Crippen LogP) is 8.03. The van der Waals surface area contributed by atoms with Gasteiger partial charge in [-0.3, -0.25) is 4.79 Å². The van der Waals surface area contributed by atoms with Crippen molar-refractivity contribution in [3.05, 3.63) is 83.2 Å². The highest BCUT2D eigenvalue weighted by atomic mass is 19.1. The van der Waals surface area contributed by atoms with Crippen LogP contribution in [0.25, 0.3) is 11.1 Å². The monoisotopic (exact) mass is 504 g/mol. The van der Waals surface area contributed by atoms with E-state index in [0.717, 1.165) is 53.7 Å². The number of aryl methyl sites for hydroxylation is 1. The second-order valence-corrected chi connectivity index (χ2v) is 11.3. The van der Waals surface area contributed by atoms with Crippen LogP contribution in [0.4, 0.5) is 4.39 Å². The van der Waals surface area contributed by atoms with Crippen LogP contribution in [-0.4, -0.2) is 18.2 Å². The number of carbonyl (C=O) groups is 1. The van der Waals surface area contributed by atoms with Crippen molar-refractivity contribution in [2.75, 3.05) is 7.11 Å². The number of carboxylic acid groups (broad SMARTS) is 1. The lowest BCUT2D eigenvalue weighted by atomic mass is 9.88. The second-order valence-electron chi connectivity index (χ2n) is 11.3. The van der Waals surface area contributed by atoms with E-state index in [-0.39, 0.29) is 23.6 Å². The normalized spacial score (nSPS) is 14.3. The van der Waals surface area contributed by atoms with E-state index in [9.17, 15) is 14.3 Å². The summed E-state index contributed by atoms with van der Waals surface area (Å²) in [5.41, 5.74) is 4.55. The zero-order valence-corrected chi connectivity index (χ0v) is 22.2. The Kier molecular flexibility index (Phi) is 8.21. The molecule has 0 radical (unpaired) electrons. The summed E-state index contributed by atoms with van der Waals surface area (Å²) in [6.45, 7) is 7.00. The Morgan fingerprint density at radius 1 is 1.08 bits per heavy atom. The van der Waals surface area contributed by atoms with E-state index in [1.165, 1.54) is 6.07 Å². The zero-order chi connectivity index (χ0) is 26.6. The van der Waals surface area contributed by atoms with Crippen LogP contribution in [0.3, 0.4) is 0 Å². The van der Waals surface area contributed by atoms with Crippen LogP contribution in [0.5, 0.6) is 11.5 Å². The van der Waals surface area contributed by atoms with E-state index in [4.69, 9.17) is 9.47 Å². The van der Waals surface area contributed by atoms with Gasteiger partial charge in [0, 0.05) is 5.56 Å². The number of rotatable bonds is 11. The summed E-state index contributed by atoms with van der Waals surface area (Å²) in [7, 11) is 1.58. The minimum absolute atomic E-state index is 0.0526. The molecule has 4 nitrogen and oxygen atoms in total. The summed E-state index contributed by atoms with van der Waals surface area (Å²) < 4.78 is 26.3. The number of halogens is 1. The standard InChI is InChI=1S/C32H37FO4/c1-32(2,3)15-14-25-17-24(28-18-26(36-4)11-12-29(28)33)10-13-30(25)37-20-21-6-5-7-23(16-21)27(19-31(34)35)22-8-9-22/h5-7,10-13,16-18,22,27H,8-9,14-15,19-20H2,1-4H3,(H,34,35). The molecule has 1 saturated carbocycles. The molecule has 0 bridgehead atoms. The topological polar surface area (TPSA) is 55.8 Å². The summed E-state index contributed by atoms with van der Waals surface area (Å²) >= 11 is 0. The lowest BCUT2D eigenvalue weighted by Gasteiger charge is -2.20. The number of hydrogen-bond donors (Lipinski definition) is 1. The first-order valence-corrected chi connectivity index (χ1v) is 13.0. The number of methoxy groups -OCH3 is 1. The van der Waals surface area contributed by atoms with Crippen LogP contribution in [0, 0.1) is 17.2 Å². The Balaban J connectivity index is 1.58. The number of aliphatic carboxylic acids is 1. The molecule has 0 amide bonds. The molecule has 5 heteroatoms. The lowest BCUT2D eigenvalue weighted by Crippen LogP contribution is -2.09. The third-order valence-electron chi connectivity index (χ3n) is 7.05. The molecule has 4 rings (SSSR count). The molecule has 0 aliphatic heterocycles. The lowest BCUT2D eigenvalue weighted by molar-refractivity contribution is -0.137. The Labute approximate surface area is 219 Å². The van der Waals surface area contributed by atoms with E-state index >= 15 is 0 Å². The van der Waals surface area contributed by atoms with Crippen LogP contribution in [0.1, 0.15) is 69.1 Å². The predicted molar refractivity (Wildman–Crippen MR) is 145 cm³/mol. The van der Waals surface area contributed by atoms with Crippen molar-refractivity contribution >= 4 is 5.97 Å². The van der Waals surface area contributed by atoms with E-state index in [0.29, 0.717) is 23.8 Å². The van der Waals surface area contributed by atoms with E-state index < -0.39 is 5.97 Å². The molecular formula is C32H37FO4. The summed E-state index contributed by atoms with van der Waals surface area (Å²) in [5, 5.41) is 9.38. The molecule has 0 heterocycles. The summed E-state index contributed by atoms with van der Waals surface area (Å²) in [6, 6.07) is 18.7. The minimum Gasteiger partial charge on any atom is -0.497 e.